The summed E-state index contributed by atoms with van der Waals surface area (Å²) in [4.78, 5) is 1.23. The summed E-state index contributed by atoms with van der Waals surface area (Å²) in [6.07, 6.45) is 5.37. The van der Waals surface area contributed by atoms with Crippen LogP contribution in [0.15, 0.2) is 23.1 Å². The highest BCUT2D eigenvalue weighted by Crippen LogP contribution is 2.36. The molecule has 0 aromatic heterocycles. The van der Waals surface area contributed by atoms with Crippen LogP contribution >= 0.6 is 23.4 Å². The van der Waals surface area contributed by atoms with Crippen LogP contribution in [0.5, 0.6) is 0 Å². The van der Waals surface area contributed by atoms with Gasteiger partial charge in [0.1, 0.15) is 0 Å². The minimum atomic E-state index is 0.0210. The lowest BCUT2D eigenvalue weighted by atomic mass is 10.2. The fourth-order valence-corrected chi connectivity index (χ4v) is 3.52. The molecule has 0 atom stereocenters. The van der Waals surface area contributed by atoms with Gasteiger partial charge >= 0.3 is 0 Å². The number of aliphatic hydroxyl groups is 1. The van der Waals surface area contributed by atoms with Crippen LogP contribution in [0.4, 0.5) is 0 Å². The quantitative estimate of drug-likeness (QED) is 0.869. The van der Waals surface area contributed by atoms with E-state index in [1.807, 2.05) is 23.9 Å². The fraction of sp³-hybridized carbons (Fsp3) is 0.500. The molecular weight excluding hydrogens is 228 g/mol. The predicted molar refractivity (Wildman–Crippen MR) is 65.5 cm³/mol. The van der Waals surface area contributed by atoms with E-state index < -0.39 is 0 Å². The maximum absolute atomic E-state index is 9.00. The smallest absolute Gasteiger partial charge is 0.0696 e. The summed E-state index contributed by atoms with van der Waals surface area (Å²) in [6, 6.07) is 5.94. The Morgan fingerprint density at radius 3 is 2.67 bits per heavy atom. The standard InChI is InChI=1S/C12H15ClOS/c13-12-7-11(6-5-9(12)8-14)15-10-3-1-2-4-10/h5-7,10,14H,1-4,8H2. The van der Waals surface area contributed by atoms with Crippen LogP contribution in [-0.2, 0) is 6.61 Å². The second kappa shape index (κ2) is 5.24. The first kappa shape index (κ1) is 11.3. The van der Waals surface area contributed by atoms with Gasteiger partial charge in [0, 0.05) is 15.2 Å². The van der Waals surface area contributed by atoms with E-state index in [9.17, 15) is 0 Å². The second-order valence-electron chi connectivity index (χ2n) is 3.94. The molecule has 1 aliphatic rings. The second-order valence-corrected chi connectivity index (χ2v) is 5.72. The molecule has 0 heterocycles. The minimum Gasteiger partial charge on any atom is -0.392 e. The maximum Gasteiger partial charge on any atom is 0.0696 e. The van der Waals surface area contributed by atoms with E-state index in [1.165, 1.54) is 30.6 Å². The van der Waals surface area contributed by atoms with Crippen molar-refractivity contribution in [2.45, 2.75) is 42.4 Å². The molecule has 0 unspecified atom stereocenters. The topological polar surface area (TPSA) is 20.2 Å². The van der Waals surface area contributed by atoms with Gasteiger partial charge in [-0.2, -0.15) is 0 Å². The molecule has 2 rings (SSSR count). The molecule has 1 nitrogen and oxygen atoms in total. The van der Waals surface area contributed by atoms with E-state index in [-0.39, 0.29) is 6.61 Å². The number of halogens is 1. The fourth-order valence-electron chi connectivity index (χ4n) is 1.93. The normalized spacial score (nSPS) is 17.2. The molecule has 1 aromatic rings. The van der Waals surface area contributed by atoms with Gasteiger partial charge in [0.05, 0.1) is 6.61 Å². The van der Waals surface area contributed by atoms with Crippen LogP contribution in [-0.4, -0.2) is 10.4 Å². The summed E-state index contributed by atoms with van der Waals surface area (Å²) < 4.78 is 0. The van der Waals surface area contributed by atoms with Crippen LogP contribution in [0.3, 0.4) is 0 Å². The number of rotatable bonds is 3. The summed E-state index contributed by atoms with van der Waals surface area (Å²) in [5.41, 5.74) is 0.812. The van der Waals surface area contributed by atoms with Crippen LogP contribution in [0.25, 0.3) is 0 Å². The molecule has 0 aliphatic heterocycles. The summed E-state index contributed by atoms with van der Waals surface area (Å²) >= 11 is 7.96. The van der Waals surface area contributed by atoms with Crippen molar-refractivity contribution in [2.75, 3.05) is 0 Å². The van der Waals surface area contributed by atoms with E-state index in [0.717, 1.165) is 10.8 Å². The highest BCUT2D eigenvalue weighted by atomic mass is 35.5. The lowest BCUT2D eigenvalue weighted by Gasteiger charge is -2.09. The molecule has 3 heteroatoms. The summed E-state index contributed by atoms with van der Waals surface area (Å²) in [7, 11) is 0. The van der Waals surface area contributed by atoms with Gasteiger partial charge in [-0.1, -0.05) is 30.5 Å². The number of thioether (sulfide) groups is 1. The van der Waals surface area contributed by atoms with Gasteiger partial charge in [0.25, 0.3) is 0 Å². The molecule has 0 bridgehead atoms. The van der Waals surface area contributed by atoms with Gasteiger partial charge in [-0.25, -0.2) is 0 Å². The van der Waals surface area contributed by atoms with Crippen LogP contribution in [0.2, 0.25) is 5.02 Å². The summed E-state index contributed by atoms with van der Waals surface area (Å²) in [5, 5.41) is 10.4. The third-order valence-electron chi connectivity index (χ3n) is 2.80. The maximum atomic E-state index is 9.00. The van der Waals surface area contributed by atoms with Crippen LogP contribution < -0.4 is 0 Å². The lowest BCUT2D eigenvalue weighted by molar-refractivity contribution is 0.282. The van der Waals surface area contributed by atoms with Crippen molar-refractivity contribution in [2.24, 2.45) is 0 Å². The first-order valence-electron chi connectivity index (χ1n) is 5.35. The van der Waals surface area contributed by atoms with Gasteiger partial charge in [0.15, 0.2) is 0 Å². The molecule has 1 saturated carbocycles. The third kappa shape index (κ3) is 2.90. The molecule has 0 saturated heterocycles. The Balaban J connectivity index is 2.05. The molecule has 1 fully saturated rings. The monoisotopic (exact) mass is 242 g/mol. The molecule has 1 aromatic carbocycles. The number of hydrogen-bond acceptors (Lipinski definition) is 2. The largest absolute Gasteiger partial charge is 0.392 e. The lowest BCUT2D eigenvalue weighted by Crippen LogP contribution is -1.93. The van der Waals surface area contributed by atoms with Crippen LogP contribution in [0, 0.1) is 0 Å². The van der Waals surface area contributed by atoms with Crippen molar-refractivity contribution in [1.82, 2.24) is 0 Å². The van der Waals surface area contributed by atoms with E-state index in [1.54, 1.807) is 0 Å². The van der Waals surface area contributed by atoms with E-state index in [4.69, 9.17) is 16.7 Å². The molecule has 0 spiro atoms. The van der Waals surface area contributed by atoms with Crippen molar-refractivity contribution in [1.29, 1.82) is 0 Å². The van der Waals surface area contributed by atoms with E-state index in [2.05, 4.69) is 6.07 Å². The Hall–Kier alpha value is -0.180. The van der Waals surface area contributed by atoms with Crippen molar-refractivity contribution >= 4 is 23.4 Å². The zero-order valence-corrected chi connectivity index (χ0v) is 10.2. The average molecular weight is 243 g/mol. The Morgan fingerprint density at radius 1 is 1.33 bits per heavy atom. The molecular formula is C12H15ClOS. The summed E-state index contributed by atoms with van der Waals surface area (Å²) in [5.74, 6) is 0. The SMILES string of the molecule is OCc1ccc(SC2CCCC2)cc1Cl. The molecule has 82 valence electrons. The zero-order chi connectivity index (χ0) is 10.7. The number of aliphatic hydroxyl groups excluding tert-OH is 1. The van der Waals surface area contributed by atoms with Gasteiger partial charge in [-0.3, -0.25) is 0 Å². The first-order valence-corrected chi connectivity index (χ1v) is 6.61. The summed E-state index contributed by atoms with van der Waals surface area (Å²) in [6.45, 7) is 0.0210. The van der Waals surface area contributed by atoms with Gasteiger partial charge < -0.3 is 5.11 Å². The number of hydrogen-bond donors (Lipinski definition) is 1. The molecule has 0 amide bonds. The van der Waals surface area contributed by atoms with E-state index in [0.29, 0.717) is 5.02 Å². The Labute approximate surface area is 99.8 Å². The Morgan fingerprint density at radius 2 is 2.07 bits per heavy atom. The van der Waals surface area contributed by atoms with Crippen molar-refractivity contribution < 1.29 is 5.11 Å². The highest BCUT2D eigenvalue weighted by Gasteiger charge is 2.16. The van der Waals surface area contributed by atoms with Gasteiger partial charge in [0.2, 0.25) is 0 Å². The highest BCUT2D eigenvalue weighted by molar-refractivity contribution is 8.00. The molecule has 0 radical (unpaired) electrons. The van der Waals surface area contributed by atoms with Crippen molar-refractivity contribution in [3.8, 4) is 0 Å². The minimum absolute atomic E-state index is 0.0210. The third-order valence-corrected chi connectivity index (χ3v) is 4.48. The molecule has 15 heavy (non-hydrogen) atoms. The predicted octanol–water partition coefficient (Wildman–Crippen LogP) is 3.87. The van der Waals surface area contributed by atoms with Crippen molar-refractivity contribution in [3.63, 3.8) is 0 Å². The molecule has 1 N–H and O–H groups in total. The van der Waals surface area contributed by atoms with Gasteiger partial charge in [-0.15, -0.1) is 11.8 Å². The molecule has 1 aliphatic carbocycles. The van der Waals surface area contributed by atoms with E-state index >= 15 is 0 Å². The first-order chi connectivity index (χ1) is 7.29. The van der Waals surface area contributed by atoms with Gasteiger partial charge in [-0.05, 0) is 30.5 Å². The number of benzene rings is 1. The zero-order valence-electron chi connectivity index (χ0n) is 8.58. The average Bonchev–Trinajstić information content (AvgIpc) is 2.71. The Kier molecular flexibility index (Phi) is 3.95. The Bertz CT molecular complexity index is 334. The van der Waals surface area contributed by atoms with Crippen LogP contribution in [0.1, 0.15) is 31.2 Å². The van der Waals surface area contributed by atoms with Crippen molar-refractivity contribution in [3.05, 3.63) is 28.8 Å².